The van der Waals surface area contributed by atoms with E-state index in [9.17, 15) is 9.90 Å². The minimum Gasteiger partial charge on any atom is -0.393 e. The summed E-state index contributed by atoms with van der Waals surface area (Å²) in [5.74, 6) is 1.55. The van der Waals surface area contributed by atoms with E-state index in [0.29, 0.717) is 43.1 Å². The first-order chi connectivity index (χ1) is 17.5. The average Bonchev–Trinajstić information content (AvgIpc) is 3.28. The molecule has 1 saturated carbocycles. The Hall–Kier alpha value is -2.19. The molecule has 2 N–H and O–H groups in total. The minimum atomic E-state index is -0.179. The monoisotopic (exact) mass is 497 g/mol. The second kappa shape index (κ2) is 11.5. The van der Waals surface area contributed by atoms with Gasteiger partial charge in [-0.15, -0.1) is 0 Å². The number of likely N-dealkylation sites (tertiary alicyclic amines) is 1. The van der Waals surface area contributed by atoms with Crippen LogP contribution < -0.4 is 5.32 Å². The van der Waals surface area contributed by atoms with Gasteiger partial charge >= 0.3 is 0 Å². The molecule has 8 nitrogen and oxygen atoms in total. The van der Waals surface area contributed by atoms with Crippen LogP contribution in [0.25, 0.3) is 11.0 Å². The molecule has 5 rings (SSSR count). The zero-order chi connectivity index (χ0) is 25.1. The predicted octanol–water partition coefficient (Wildman–Crippen LogP) is 4.64. The zero-order valence-electron chi connectivity index (χ0n) is 22.0. The number of ether oxygens (including phenoxy) is 1. The van der Waals surface area contributed by atoms with Gasteiger partial charge in [0.05, 0.1) is 6.10 Å². The van der Waals surface area contributed by atoms with Crippen LogP contribution in [0, 0.1) is 5.92 Å². The summed E-state index contributed by atoms with van der Waals surface area (Å²) in [6.45, 7) is 7.42. The van der Waals surface area contributed by atoms with E-state index in [1.807, 2.05) is 6.20 Å². The fraction of sp³-hybridized carbons (Fsp3) is 0.750. The number of nitrogens with one attached hydrogen (secondary N) is 1. The Bertz CT molecular complexity index is 1020. The van der Waals surface area contributed by atoms with Gasteiger partial charge < -0.3 is 24.6 Å². The van der Waals surface area contributed by atoms with Crippen LogP contribution in [0.15, 0.2) is 12.4 Å². The highest BCUT2D eigenvalue weighted by Gasteiger charge is 2.32. The number of carbonyl (C=O) groups is 1. The normalized spacial score (nSPS) is 25.2. The number of piperidine rings is 1. The molecular formula is C28H43N5O3. The van der Waals surface area contributed by atoms with Crippen LogP contribution in [-0.2, 0) is 9.53 Å². The van der Waals surface area contributed by atoms with Crippen molar-refractivity contribution in [3.05, 3.63) is 18.0 Å². The molecule has 0 radical (unpaired) electrons. The van der Waals surface area contributed by atoms with Crippen molar-refractivity contribution in [2.45, 2.75) is 102 Å². The Balaban J connectivity index is 1.36. The lowest BCUT2D eigenvalue weighted by molar-refractivity contribution is -0.139. The predicted molar refractivity (Wildman–Crippen MR) is 141 cm³/mol. The molecule has 4 heterocycles. The van der Waals surface area contributed by atoms with E-state index in [0.717, 1.165) is 88.3 Å². The molecule has 8 heteroatoms. The van der Waals surface area contributed by atoms with Gasteiger partial charge in [0.15, 0.2) is 0 Å². The summed E-state index contributed by atoms with van der Waals surface area (Å²) < 4.78 is 7.82. The second-order valence-corrected chi connectivity index (χ2v) is 11.2. The van der Waals surface area contributed by atoms with Crippen LogP contribution in [-0.4, -0.2) is 68.9 Å². The number of aliphatic hydroxyl groups is 1. The standard InChI is InChI=1S/C28H43N5O3/c1-3-4-19(2)30-28-29-17-24-25(18-33(26(24)31-28)22-5-7-23(34)8-6-22)20-9-13-32(14-10-20)27(35)21-11-15-36-16-12-21/h17-23,34H,3-16H2,1-2H3,(H,29,30,31). The highest BCUT2D eigenvalue weighted by atomic mass is 16.5. The number of hydrogen-bond acceptors (Lipinski definition) is 6. The summed E-state index contributed by atoms with van der Waals surface area (Å²) in [7, 11) is 0. The van der Waals surface area contributed by atoms with Crippen molar-refractivity contribution in [2.24, 2.45) is 5.92 Å². The van der Waals surface area contributed by atoms with Gasteiger partial charge in [0.25, 0.3) is 0 Å². The molecule has 2 saturated heterocycles. The maximum Gasteiger partial charge on any atom is 0.225 e. The molecule has 1 unspecified atom stereocenters. The molecule has 0 spiro atoms. The number of fused-ring (bicyclic) bond motifs is 1. The number of amides is 1. The summed E-state index contributed by atoms with van der Waals surface area (Å²) in [4.78, 5) is 24.8. The number of hydrogen-bond donors (Lipinski definition) is 2. The van der Waals surface area contributed by atoms with E-state index in [4.69, 9.17) is 14.7 Å². The molecule has 3 fully saturated rings. The van der Waals surface area contributed by atoms with Crippen molar-refractivity contribution in [1.29, 1.82) is 0 Å². The lowest BCUT2D eigenvalue weighted by Crippen LogP contribution is -2.42. The Kier molecular flexibility index (Phi) is 8.11. The minimum absolute atomic E-state index is 0.133. The van der Waals surface area contributed by atoms with Gasteiger partial charge in [0.2, 0.25) is 11.9 Å². The molecule has 0 bridgehead atoms. The molecule has 1 aliphatic carbocycles. The Morgan fingerprint density at radius 2 is 1.86 bits per heavy atom. The number of aliphatic hydroxyl groups excluding tert-OH is 1. The van der Waals surface area contributed by atoms with Gasteiger partial charge in [0.1, 0.15) is 5.65 Å². The van der Waals surface area contributed by atoms with Gasteiger partial charge in [-0.25, -0.2) is 4.98 Å². The SMILES string of the molecule is CCCC(C)Nc1ncc2c(C3CCN(C(=O)C4CCOCC4)CC3)cn(C3CCC(O)CC3)c2n1. The fourth-order valence-electron chi connectivity index (χ4n) is 6.40. The fourth-order valence-corrected chi connectivity index (χ4v) is 6.40. The van der Waals surface area contributed by atoms with Gasteiger partial charge in [-0.3, -0.25) is 4.79 Å². The molecule has 2 aliphatic heterocycles. The number of anilines is 1. The van der Waals surface area contributed by atoms with Crippen molar-refractivity contribution in [3.63, 3.8) is 0 Å². The van der Waals surface area contributed by atoms with Crippen LogP contribution in [0.4, 0.5) is 5.95 Å². The Morgan fingerprint density at radius 1 is 1.14 bits per heavy atom. The number of aromatic nitrogens is 3. The lowest BCUT2D eigenvalue weighted by atomic mass is 9.88. The summed E-state index contributed by atoms with van der Waals surface area (Å²) in [5, 5.41) is 14.7. The van der Waals surface area contributed by atoms with Crippen LogP contribution in [0.5, 0.6) is 0 Å². The highest BCUT2D eigenvalue weighted by Crippen LogP contribution is 2.38. The van der Waals surface area contributed by atoms with Crippen LogP contribution in [0.3, 0.4) is 0 Å². The molecular weight excluding hydrogens is 454 g/mol. The molecule has 3 aliphatic rings. The van der Waals surface area contributed by atoms with Crippen molar-refractivity contribution < 1.29 is 14.6 Å². The maximum absolute atomic E-state index is 13.0. The Labute approximate surface area is 214 Å². The molecule has 198 valence electrons. The van der Waals surface area contributed by atoms with Crippen molar-refractivity contribution >= 4 is 22.9 Å². The molecule has 2 aromatic rings. The largest absolute Gasteiger partial charge is 0.393 e. The third-order valence-corrected chi connectivity index (χ3v) is 8.58. The first-order valence-corrected chi connectivity index (χ1v) is 14.2. The van der Waals surface area contributed by atoms with Crippen molar-refractivity contribution in [3.8, 4) is 0 Å². The van der Waals surface area contributed by atoms with E-state index in [1.54, 1.807) is 0 Å². The van der Waals surface area contributed by atoms with Crippen molar-refractivity contribution in [1.82, 2.24) is 19.4 Å². The third-order valence-electron chi connectivity index (χ3n) is 8.58. The van der Waals surface area contributed by atoms with Gasteiger partial charge in [-0.05, 0) is 76.2 Å². The second-order valence-electron chi connectivity index (χ2n) is 11.2. The van der Waals surface area contributed by atoms with Crippen molar-refractivity contribution in [2.75, 3.05) is 31.6 Å². The van der Waals surface area contributed by atoms with Gasteiger partial charge in [0, 0.05) is 62.1 Å². The topological polar surface area (TPSA) is 92.5 Å². The zero-order valence-corrected chi connectivity index (χ0v) is 22.0. The summed E-state index contributed by atoms with van der Waals surface area (Å²) >= 11 is 0. The summed E-state index contributed by atoms with van der Waals surface area (Å²) in [6, 6.07) is 0.688. The van der Waals surface area contributed by atoms with Gasteiger partial charge in [-0.1, -0.05) is 13.3 Å². The lowest BCUT2D eigenvalue weighted by Gasteiger charge is -2.35. The van der Waals surface area contributed by atoms with E-state index in [2.05, 4.69) is 34.8 Å². The Morgan fingerprint density at radius 3 is 2.56 bits per heavy atom. The molecule has 1 amide bonds. The molecule has 1 atom stereocenters. The molecule has 36 heavy (non-hydrogen) atoms. The van der Waals surface area contributed by atoms with E-state index >= 15 is 0 Å². The van der Waals surface area contributed by atoms with E-state index in [-0.39, 0.29) is 12.0 Å². The highest BCUT2D eigenvalue weighted by molar-refractivity contribution is 5.82. The number of nitrogens with zero attached hydrogens (tertiary/aromatic N) is 4. The first kappa shape index (κ1) is 25.5. The van der Waals surface area contributed by atoms with Gasteiger partial charge in [-0.2, -0.15) is 4.98 Å². The first-order valence-electron chi connectivity index (χ1n) is 14.2. The van der Waals surface area contributed by atoms with E-state index < -0.39 is 0 Å². The van der Waals surface area contributed by atoms with E-state index in [1.165, 1.54) is 5.56 Å². The average molecular weight is 498 g/mol. The third kappa shape index (κ3) is 5.54. The number of carbonyl (C=O) groups excluding carboxylic acids is 1. The van der Waals surface area contributed by atoms with Crippen LogP contribution >= 0.6 is 0 Å². The maximum atomic E-state index is 13.0. The molecule has 0 aromatic carbocycles. The molecule has 2 aromatic heterocycles. The van der Waals surface area contributed by atoms with Crippen LogP contribution in [0.2, 0.25) is 0 Å². The smallest absolute Gasteiger partial charge is 0.225 e. The quantitative estimate of drug-likeness (QED) is 0.579. The number of rotatable bonds is 7. The summed E-state index contributed by atoms with van der Waals surface area (Å²) in [5.41, 5.74) is 2.33. The summed E-state index contributed by atoms with van der Waals surface area (Å²) in [6.07, 6.45) is 13.6. The van der Waals surface area contributed by atoms with Crippen LogP contribution in [0.1, 0.15) is 95.6 Å².